The summed E-state index contributed by atoms with van der Waals surface area (Å²) < 4.78 is 5.27. The van der Waals surface area contributed by atoms with Crippen molar-refractivity contribution < 1.29 is 9.53 Å². The maximum atomic E-state index is 11.8. The first-order valence-corrected chi connectivity index (χ1v) is 5.10. The molecule has 0 radical (unpaired) electrons. The summed E-state index contributed by atoms with van der Waals surface area (Å²) in [5, 5.41) is 3.14. The highest BCUT2D eigenvalue weighted by Crippen LogP contribution is 2.12. The second-order valence-corrected chi connectivity index (χ2v) is 4.56. The summed E-state index contributed by atoms with van der Waals surface area (Å²) in [7, 11) is 0. The third-order valence-electron chi connectivity index (χ3n) is 2.06. The molecule has 1 aliphatic rings. The van der Waals surface area contributed by atoms with Gasteiger partial charge in [-0.1, -0.05) is 5.92 Å². The van der Waals surface area contributed by atoms with E-state index < -0.39 is 5.60 Å². The summed E-state index contributed by atoms with van der Waals surface area (Å²) in [6.07, 6.45) is 5.03. The van der Waals surface area contributed by atoms with E-state index in [0.717, 1.165) is 6.54 Å². The number of carbonyl (C=O) groups is 1. The third-order valence-corrected chi connectivity index (χ3v) is 2.06. The summed E-state index contributed by atoms with van der Waals surface area (Å²) in [5.41, 5.74) is -0.471. The lowest BCUT2D eigenvalue weighted by atomic mass is 10.2. The van der Waals surface area contributed by atoms with Crippen molar-refractivity contribution in [2.45, 2.75) is 32.4 Å². The van der Waals surface area contributed by atoms with Gasteiger partial charge in [-0.2, -0.15) is 0 Å². The minimum atomic E-state index is -0.471. The van der Waals surface area contributed by atoms with Gasteiger partial charge < -0.3 is 10.1 Å². The summed E-state index contributed by atoms with van der Waals surface area (Å²) in [4.78, 5) is 13.4. The Morgan fingerprint density at radius 2 is 2.27 bits per heavy atom. The monoisotopic (exact) mass is 210 g/mol. The number of hydrogen-bond donors (Lipinski definition) is 1. The van der Waals surface area contributed by atoms with Crippen LogP contribution in [-0.4, -0.2) is 42.3 Å². The molecule has 4 heteroatoms. The molecule has 84 valence electrons. The van der Waals surface area contributed by atoms with E-state index in [9.17, 15) is 4.79 Å². The van der Waals surface area contributed by atoms with Crippen molar-refractivity contribution >= 4 is 6.09 Å². The molecular formula is C11H18N2O2. The highest BCUT2D eigenvalue weighted by atomic mass is 16.6. The van der Waals surface area contributed by atoms with E-state index in [-0.39, 0.29) is 12.1 Å². The second kappa shape index (κ2) is 4.54. The Bertz CT molecular complexity index is 275. The van der Waals surface area contributed by atoms with Crippen LogP contribution in [0.2, 0.25) is 0 Å². The lowest BCUT2D eigenvalue weighted by Gasteiger charge is -2.34. The van der Waals surface area contributed by atoms with E-state index in [1.54, 1.807) is 4.90 Å². The van der Waals surface area contributed by atoms with Gasteiger partial charge in [-0.3, -0.25) is 4.90 Å². The van der Waals surface area contributed by atoms with Crippen molar-refractivity contribution in [2.24, 2.45) is 0 Å². The predicted octanol–water partition coefficient (Wildman–Crippen LogP) is 0.828. The van der Waals surface area contributed by atoms with Crippen LogP contribution in [0.5, 0.6) is 0 Å². The Kier molecular flexibility index (Phi) is 3.59. The Balaban J connectivity index is 2.61. The lowest BCUT2D eigenvalue weighted by Crippen LogP contribution is -2.54. The first kappa shape index (κ1) is 11.9. The molecule has 0 unspecified atom stereocenters. The van der Waals surface area contributed by atoms with Crippen LogP contribution < -0.4 is 5.32 Å². The van der Waals surface area contributed by atoms with E-state index in [1.165, 1.54) is 0 Å². The largest absolute Gasteiger partial charge is 0.444 e. The molecule has 0 aromatic carbocycles. The van der Waals surface area contributed by atoms with Crippen LogP contribution in [-0.2, 0) is 4.74 Å². The maximum Gasteiger partial charge on any atom is 0.411 e. The van der Waals surface area contributed by atoms with Crippen molar-refractivity contribution in [3.05, 3.63) is 0 Å². The fourth-order valence-corrected chi connectivity index (χ4v) is 1.39. The highest BCUT2D eigenvalue weighted by molar-refractivity contribution is 5.69. The molecule has 1 saturated heterocycles. The molecule has 1 amide bonds. The van der Waals surface area contributed by atoms with Gasteiger partial charge in [0.25, 0.3) is 0 Å². The van der Waals surface area contributed by atoms with Crippen LogP contribution in [0.15, 0.2) is 0 Å². The van der Waals surface area contributed by atoms with E-state index in [1.807, 2.05) is 20.8 Å². The quantitative estimate of drug-likeness (QED) is 0.602. The van der Waals surface area contributed by atoms with Crippen LogP contribution in [0.4, 0.5) is 4.79 Å². The average molecular weight is 210 g/mol. The topological polar surface area (TPSA) is 41.6 Å². The number of rotatable bonds is 0. The molecule has 0 bridgehead atoms. The first-order valence-electron chi connectivity index (χ1n) is 5.10. The van der Waals surface area contributed by atoms with Crippen molar-refractivity contribution in [3.63, 3.8) is 0 Å². The van der Waals surface area contributed by atoms with Gasteiger partial charge in [0.05, 0.1) is 0 Å². The molecule has 1 aliphatic heterocycles. The normalized spacial score (nSPS) is 22.0. The van der Waals surface area contributed by atoms with Crippen LogP contribution in [0, 0.1) is 12.3 Å². The maximum absolute atomic E-state index is 11.8. The molecule has 1 heterocycles. The van der Waals surface area contributed by atoms with E-state index in [0.29, 0.717) is 13.1 Å². The second-order valence-electron chi connectivity index (χ2n) is 4.56. The van der Waals surface area contributed by atoms with Gasteiger partial charge in [0, 0.05) is 19.6 Å². The van der Waals surface area contributed by atoms with Crippen molar-refractivity contribution in [1.82, 2.24) is 10.2 Å². The summed E-state index contributed by atoms with van der Waals surface area (Å²) >= 11 is 0. The number of piperazine rings is 1. The number of nitrogens with one attached hydrogen (secondary N) is 1. The fraction of sp³-hybridized carbons (Fsp3) is 0.727. The van der Waals surface area contributed by atoms with Crippen LogP contribution in [0.3, 0.4) is 0 Å². The van der Waals surface area contributed by atoms with Gasteiger partial charge in [0.15, 0.2) is 0 Å². The fourth-order valence-electron chi connectivity index (χ4n) is 1.39. The highest BCUT2D eigenvalue weighted by Gasteiger charge is 2.28. The van der Waals surface area contributed by atoms with Gasteiger partial charge in [0.2, 0.25) is 0 Å². The number of ether oxygens (including phenoxy) is 1. The average Bonchev–Trinajstić information content (AvgIpc) is 2.15. The van der Waals surface area contributed by atoms with Gasteiger partial charge in [-0.05, 0) is 20.8 Å². The molecule has 1 fully saturated rings. The number of carbonyl (C=O) groups excluding carboxylic acids is 1. The number of nitrogens with zero attached hydrogens (tertiary/aromatic N) is 1. The third kappa shape index (κ3) is 3.45. The van der Waals surface area contributed by atoms with Crippen molar-refractivity contribution in [2.75, 3.05) is 19.6 Å². The molecule has 1 N–H and O–H groups in total. The van der Waals surface area contributed by atoms with E-state index in [2.05, 4.69) is 11.2 Å². The molecule has 4 nitrogen and oxygen atoms in total. The minimum absolute atomic E-state index is 0.200. The van der Waals surface area contributed by atoms with Gasteiger partial charge in [-0.15, -0.1) is 6.42 Å². The van der Waals surface area contributed by atoms with Crippen LogP contribution in [0.25, 0.3) is 0 Å². The zero-order chi connectivity index (χ0) is 11.5. The molecule has 0 aliphatic carbocycles. The SMILES string of the molecule is C#C[C@@H]1CNCCN1C(=O)OC(C)(C)C. The van der Waals surface area contributed by atoms with Gasteiger partial charge >= 0.3 is 6.09 Å². The Morgan fingerprint density at radius 3 is 2.80 bits per heavy atom. The summed E-state index contributed by atoms with van der Waals surface area (Å²) in [6.45, 7) is 7.53. The van der Waals surface area contributed by atoms with Crippen molar-refractivity contribution in [1.29, 1.82) is 0 Å². The van der Waals surface area contributed by atoms with Crippen molar-refractivity contribution in [3.8, 4) is 12.3 Å². The molecule has 0 aromatic heterocycles. The minimum Gasteiger partial charge on any atom is -0.444 e. The zero-order valence-corrected chi connectivity index (χ0v) is 9.54. The molecule has 0 spiro atoms. The van der Waals surface area contributed by atoms with Gasteiger partial charge in [-0.25, -0.2) is 4.79 Å². The molecule has 1 atom stereocenters. The lowest BCUT2D eigenvalue weighted by molar-refractivity contribution is 0.0176. The van der Waals surface area contributed by atoms with E-state index >= 15 is 0 Å². The number of terminal acetylenes is 1. The Labute approximate surface area is 91.0 Å². The molecule has 1 rings (SSSR count). The number of hydrogen-bond acceptors (Lipinski definition) is 3. The Morgan fingerprint density at radius 1 is 1.60 bits per heavy atom. The smallest absolute Gasteiger partial charge is 0.411 e. The molecule has 0 saturated carbocycles. The molecule has 15 heavy (non-hydrogen) atoms. The summed E-state index contributed by atoms with van der Waals surface area (Å²) in [6, 6.07) is -0.200. The van der Waals surface area contributed by atoms with Gasteiger partial charge in [0.1, 0.15) is 11.6 Å². The Hall–Kier alpha value is -1.21. The van der Waals surface area contributed by atoms with Crippen LogP contribution >= 0.6 is 0 Å². The molecular weight excluding hydrogens is 192 g/mol. The van der Waals surface area contributed by atoms with E-state index in [4.69, 9.17) is 11.2 Å². The predicted molar refractivity (Wildman–Crippen MR) is 58.4 cm³/mol. The summed E-state index contributed by atoms with van der Waals surface area (Å²) in [5.74, 6) is 2.58. The van der Waals surface area contributed by atoms with Crippen LogP contribution in [0.1, 0.15) is 20.8 Å². The number of amides is 1. The molecule has 0 aromatic rings. The first-order chi connectivity index (χ1) is 6.94. The standard InChI is InChI=1S/C11H18N2O2/c1-5-9-8-12-6-7-13(9)10(14)15-11(2,3)4/h1,9,12H,6-8H2,2-4H3/t9-/m1/s1. The zero-order valence-electron chi connectivity index (χ0n) is 9.54.